The van der Waals surface area contributed by atoms with E-state index in [0.717, 1.165) is 40.3 Å². The van der Waals surface area contributed by atoms with E-state index < -0.39 is 0 Å². The first-order chi connectivity index (χ1) is 10.3. The second kappa shape index (κ2) is 6.66. The molecule has 1 aliphatic heterocycles. The Bertz CT molecular complexity index is 649. The first-order valence-corrected chi connectivity index (χ1v) is 8.99. The average Bonchev–Trinajstić information content (AvgIpc) is 2.94. The maximum atomic E-state index is 13.2. The van der Waals surface area contributed by atoms with Crippen LogP contribution in [-0.2, 0) is 17.3 Å². The van der Waals surface area contributed by atoms with Gasteiger partial charge in [-0.05, 0) is 25.1 Å². The highest BCUT2D eigenvalue weighted by atomic mass is 32.2. The van der Waals surface area contributed by atoms with Gasteiger partial charge in [-0.2, -0.15) is 11.8 Å². The Kier molecular flexibility index (Phi) is 4.65. The average molecular weight is 321 g/mol. The molecule has 0 atom stereocenters. The van der Waals surface area contributed by atoms with Crippen LogP contribution in [0.15, 0.2) is 29.2 Å². The molecule has 0 saturated heterocycles. The Labute approximate surface area is 132 Å². The number of fused-ring (bicyclic) bond motifs is 1. The molecule has 21 heavy (non-hydrogen) atoms. The minimum Gasteiger partial charge on any atom is -0.370 e. The molecule has 6 heteroatoms. The molecule has 3 rings (SSSR count). The number of thioether (sulfide) groups is 2. The third kappa shape index (κ3) is 3.49. The highest BCUT2D eigenvalue weighted by Crippen LogP contribution is 2.33. The van der Waals surface area contributed by atoms with Gasteiger partial charge in [0, 0.05) is 28.5 Å². The minimum atomic E-state index is -0.209. The number of benzene rings is 1. The van der Waals surface area contributed by atoms with Gasteiger partial charge in [-0.3, -0.25) is 0 Å². The zero-order valence-corrected chi connectivity index (χ0v) is 13.4. The van der Waals surface area contributed by atoms with Crippen molar-refractivity contribution < 1.29 is 4.39 Å². The van der Waals surface area contributed by atoms with Crippen LogP contribution in [0.25, 0.3) is 0 Å². The van der Waals surface area contributed by atoms with E-state index in [4.69, 9.17) is 0 Å². The lowest BCUT2D eigenvalue weighted by molar-refractivity contribution is 0.624. The van der Waals surface area contributed by atoms with Gasteiger partial charge < -0.3 is 5.32 Å². The summed E-state index contributed by atoms with van der Waals surface area (Å²) < 4.78 is 13.2. The molecule has 0 spiro atoms. The van der Waals surface area contributed by atoms with Crippen molar-refractivity contribution in [1.82, 2.24) is 9.97 Å². The van der Waals surface area contributed by atoms with Crippen molar-refractivity contribution >= 4 is 29.3 Å². The monoisotopic (exact) mass is 321 g/mol. The maximum absolute atomic E-state index is 13.2. The summed E-state index contributed by atoms with van der Waals surface area (Å²) in [6, 6.07) is 6.62. The number of nitrogens with zero attached hydrogens (tertiary/aromatic N) is 2. The van der Waals surface area contributed by atoms with Crippen molar-refractivity contribution in [1.29, 1.82) is 0 Å². The van der Waals surface area contributed by atoms with E-state index in [2.05, 4.69) is 22.2 Å². The fourth-order valence-corrected chi connectivity index (χ4v) is 4.02. The lowest BCUT2D eigenvalue weighted by Gasteiger charge is -2.10. The van der Waals surface area contributed by atoms with Gasteiger partial charge in [0.1, 0.15) is 17.5 Å². The highest BCUT2D eigenvalue weighted by Gasteiger charge is 2.19. The molecule has 0 fully saturated rings. The molecule has 0 aliphatic carbocycles. The fraction of sp³-hybridized carbons (Fsp3) is 0.333. The molecule has 3 nitrogen and oxygen atoms in total. The van der Waals surface area contributed by atoms with Crippen LogP contribution in [0.5, 0.6) is 0 Å². The molecule has 0 radical (unpaired) electrons. The van der Waals surface area contributed by atoms with Crippen molar-refractivity contribution in [2.24, 2.45) is 0 Å². The molecule has 1 aromatic heterocycles. The van der Waals surface area contributed by atoms with Crippen molar-refractivity contribution in [3.8, 4) is 0 Å². The molecule has 0 unspecified atom stereocenters. The van der Waals surface area contributed by atoms with Gasteiger partial charge in [0.05, 0.1) is 11.4 Å². The van der Waals surface area contributed by atoms with Crippen LogP contribution in [0.1, 0.15) is 24.0 Å². The van der Waals surface area contributed by atoms with Crippen LogP contribution in [0.4, 0.5) is 10.2 Å². The number of hydrogen-bond donors (Lipinski definition) is 1. The predicted octanol–water partition coefficient (Wildman–Crippen LogP) is 4.09. The van der Waals surface area contributed by atoms with Crippen LogP contribution in [-0.4, -0.2) is 16.5 Å². The summed E-state index contributed by atoms with van der Waals surface area (Å²) >= 11 is 3.43. The number of hydrogen-bond acceptors (Lipinski definition) is 5. The van der Waals surface area contributed by atoms with E-state index in [1.54, 1.807) is 23.9 Å². The standard InChI is InChI=1S/C15H16FN3S2/c1-2-17-15-12-7-20-8-13(12)18-14(19-15)9-21-11-5-3-4-10(16)6-11/h3-6H,2,7-9H2,1H3,(H,17,18,19). The summed E-state index contributed by atoms with van der Waals surface area (Å²) in [5, 5.41) is 3.32. The first kappa shape index (κ1) is 14.7. The highest BCUT2D eigenvalue weighted by molar-refractivity contribution is 7.98. The normalized spacial score (nSPS) is 13.2. The Morgan fingerprint density at radius 2 is 2.24 bits per heavy atom. The van der Waals surface area contributed by atoms with Gasteiger partial charge in [-0.15, -0.1) is 11.8 Å². The number of aromatic nitrogens is 2. The second-order valence-corrected chi connectivity index (χ2v) is 6.72. The molecule has 2 aromatic rings. The van der Waals surface area contributed by atoms with Crippen molar-refractivity contribution in [3.63, 3.8) is 0 Å². The topological polar surface area (TPSA) is 37.8 Å². The van der Waals surface area contributed by atoms with Crippen LogP contribution in [0.3, 0.4) is 0 Å². The van der Waals surface area contributed by atoms with Gasteiger partial charge in [-0.1, -0.05) is 6.07 Å². The second-order valence-electron chi connectivity index (χ2n) is 4.68. The third-order valence-electron chi connectivity index (χ3n) is 3.13. The summed E-state index contributed by atoms with van der Waals surface area (Å²) in [5.74, 6) is 4.14. The number of anilines is 1. The van der Waals surface area contributed by atoms with Gasteiger partial charge >= 0.3 is 0 Å². The number of nitrogens with one attached hydrogen (secondary N) is 1. The minimum absolute atomic E-state index is 0.209. The molecule has 1 aliphatic rings. The van der Waals surface area contributed by atoms with E-state index in [1.165, 1.54) is 11.6 Å². The molecular weight excluding hydrogens is 305 g/mol. The Morgan fingerprint density at radius 3 is 3.05 bits per heavy atom. The summed E-state index contributed by atoms with van der Waals surface area (Å²) in [6.45, 7) is 2.92. The first-order valence-electron chi connectivity index (χ1n) is 6.85. The largest absolute Gasteiger partial charge is 0.370 e. The van der Waals surface area contributed by atoms with Gasteiger partial charge in [0.15, 0.2) is 0 Å². The Hall–Kier alpha value is -1.27. The van der Waals surface area contributed by atoms with Crippen molar-refractivity contribution in [3.05, 3.63) is 47.2 Å². The molecule has 2 heterocycles. The molecule has 0 amide bonds. The van der Waals surface area contributed by atoms with Crippen LogP contribution in [0.2, 0.25) is 0 Å². The summed E-state index contributed by atoms with van der Waals surface area (Å²) in [4.78, 5) is 10.2. The van der Waals surface area contributed by atoms with Crippen molar-refractivity contribution in [2.45, 2.75) is 29.1 Å². The number of rotatable bonds is 5. The lowest BCUT2D eigenvalue weighted by Crippen LogP contribution is -2.08. The molecule has 110 valence electrons. The van der Waals surface area contributed by atoms with Gasteiger partial charge in [0.2, 0.25) is 0 Å². The van der Waals surface area contributed by atoms with E-state index >= 15 is 0 Å². The molecule has 0 bridgehead atoms. The summed E-state index contributed by atoms with van der Waals surface area (Å²) in [6.07, 6.45) is 0. The lowest BCUT2D eigenvalue weighted by atomic mass is 10.2. The molecular formula is C15H16FN3S2. The number of halogens is 1. The smallest absolute Gasteiger partial charge is 0.141 e. The third-order valence-corrected chi connectivity index (χ3v) is 5.09. The quantitative estimate of drug-likeness (QED) is 0.840. The predicted molar refractivity (Wildman–Crippen MR) is 87.2 cm³/mol. The van der Waals surface area contributed by atoms with E-state index in [1.807, 2.05) is 17.8 Å². The zero-order valence-electron chi connectivity index (χ0n) is 11.7. The SMILES string of the molecule is CCNc1nc(CSc2cccc(F)c2)nc2c1CSC2. The Morgan fingerprint density at radius 1 is 1.33 bits per heavy atom. The summed E-state index contributed by atoms with van der Waals surface area (Å²) in [7, 11) is 0. The van der Waals surface area contributed by atoms with Crippen LogP contribution >= 0.6 is 23.5 Å². The van der Waals surface area contributed by atoms with Crippen LogP contribution in [0, 0.1) is 5.82 Å². The molecule has 1 aromatic carbocycles. The van der Waals surface area contributed by atoms with Gasteiger partial charge in [-0.25, -0.2) is 14.4 Å². The molecule has 1 N–H and O–H groups in total. The summed E-state index contributed by atoms with van der Waals surface area (Å²) in [5.41, 5.74) is 2.38. The van der Waals surface area contributed by atoms with Crippen molar-refractivity contribution in [2.75, 3.05) is 11.9 Å². The van der Waals surface area contributed by atoms with E-state index in [9.17, 15) is 4.39 Å². The van der Waals surface area contributed by atoms with Crippen LogP contribution < -0.4 is 5.32 Å². The Balaban J connectivity index is 1.78. The zero-order chi connectivity index (χ0) is 14.7. The fourth-order valence-electron chi connectivity index (χ4n) is 2.19. The molecule has 0 saturated carbocycles. The van der Waals surface area contributed by atoms with E-state index in [-0.39, 0.29) is 5.82 Å². The van der Waals surface area contributed by atoms with Gasteiger partial charge in [0.25, 0.3) is 0 Å². The van der Waals surface area contributed by atoms with E-state index in [0.29, 0.717) is 5.75 Å². The maximum Gasteiger partial charge on any atom is 0.141 e.